The van der Waals surface area contributed by atoms with Crippen LogP contribution >= 0.6 is 0 Å². The molecule has 1 aliphatic carbocycles. The minimum atomic E-state index is -1.21. The first-order valence-electron chi connectivity index (χ1n) is 7.86. The molecule has 1 unspecified atom stereocenters. The molecule has 0 aliphatic heterocycles. The predicted molar refractivity (Wildman–Crippen MR) is 86.5 cm³/mol. The highest BCUT2D eigenvalue weighted by Crippen LogP contribution is 2.42. The maximum Gasteiger partial charge on any atom is 0.323 e. The summed E-state index contributed by atoms with van der Waals surface area (Å²) in [4.78, 5) is 22.6. The molecule has 124 valence electrons. The Morgan fingerprint density at radius 1 is 1.41 bits per heavy atom. The van der Waals surface area contributed by atoms with E-state index in [-0.39, 0.29) is 5.41 Å². The van der Waals surface area contributed by atoms with Crippen molar-refractivity contribution in [3.8, 4) is 0 Å². The maximum absolute atomic E-state index is 11.5. The molecule has 0 aromatic rings. The van der Waals surface area contributed by atoms with Crippen LogP contribution in [0, 0.1) is 11.3 Å². The number of carboxylic acids is 1. The second kappa shape index (κ2) is 7.61. The Balaban J connectivity index is 2.80. The van der Waals surface area contributed by atoms with Gasteiger partial charge < -0.3 is 9.84 Å². The van der Waals surface area contributed by atoms with Crippen LogP contribution < -0.4 is 0 Å². The Morgan fingerprint density at radius 2 is 2.05 bits per heavy atom. The molecule has 0 aromatic carbocycles. The van der Waals surface area contributed by atoms with E-state index in [0.717, 1.165) is 24.8 Å². The van der Waals surface area contributed by atoms with Crippen LogP contribution in [0.5, 0.6) is 0 Å². The molecule has 22 heavy (non-hydrogen) atoms. The van der Waals surface area contributed by atoms with Crippen LogP contribution in [0.15, 0.2) is 22.8 Å². The van der Waals surface area contributed by atoms with Crippen LogP contribution in [0.2, 0.25) is 0 Å². The highest BCUT2D eigenvalue weighted by molar-refractivity contribution is 5.96. The summed E-state index contributed by atoms with van der Waals surface area (Å²) in [6.07, 6.45) is 6.80. The number of carbonyl (C=O) groups excluding carboxylic acids is 1. The fourth-order valence-corrected chi connectivity index (χ4v) is 3.28. The summed E-state index contributed by atoms with van der Waals surface area (Å²) in [7, 11) is 1.21. The lowest BCUT2D eigenvalue weighted by Gasteiger charge is -2.35. The first kappa shape index (κ1) is 18.5. The summed E-state index contributed by atoms with van der Waals surface area (Å²) in [5.41, 5.74) is 4.08. The molecular formula is C18H28O4. The minimum absolute atomic E-state index is 0.219. The van der Waals surface area contributed by atoms with Gasteiger partial charge in [0.2, 0.25) is 0 Å². The summed E-state index contributed by atoms with van der Waals surface area (Å²) < 4.78 is 4.55. The Morgan fingerprint density at radius 3 is 2.55 bits per heavy atom. The molecule has 0 heterocycles. The smallest absolute Gasteiger partial charge is 0.323 e. The second-order valence-corrected chi connectivity index (χ2v) is 6.85. The first-order valence-corrected chi connectivity index (χ1v) is 7.86. The maximum atomic E-state index is 11.5. The van der Waals surface area contributed by atoms with E-state index in [4.69, 9.17) is 5.11 Å². The number of aliphatic carboxylic acids is 1. The lowest BCUT2D eigenvalue weighted by molar-refractivity contribution is -0.154. The third kappa shape index (κ3) is 4.72. The van der Waals surface area contributed by atoms with Crippen molar-refractivity contribution in [3.05, 3.63) is 22.8 Å². The van der Waals surface area contributed by atoms with Crippen molar-refractivity contribution in [1.29, 1.82) is 0 Å². The number of methoxy groups -OCH3 is 1. The summed E-state index contributed by atoms with van der Waals surface area (Å²) in [5, 5.41) is 9.11. The second-order valence-electron chi connectivity index (χ2n) is 6.85. The van der Waals surface area contributed by atoms with Gasteiger partial charge in [0.1, 0.15) is 0 Å². The number of carboxylic acid groups (broad SMARTS) is 1. The fraction of sp³-hybridized carbons (Fsp3) is 0.667. The molecule has 0 saturated heterocycles. The van der Waals surface area contributed by atoms with Gasteiger partial charge in [-0.3, -0.25) is 9.59 Å². The normalized spacial score (nSPS) is 19.8. The summed E-state index contributed by atoms with van der Waals surface area (Å²) >= 11 is 0. The Kier molecular flexibility index (Phi) is 6.39. The molecule has 1 rings (SSSR count). The van der Waals surface area contributed by atoms with Crippen LogP contribution in [0.4, 0.5) is 0 Å². The van der Waals surface area contributed by atoms with Crippen LogP contribution in [0.3, 0.4) is 0 Å². The standard InChI is InChI=1S/C18H28O4/c1-12(11-14(16(19)20)17(21)22-5)8-9-15-13(2)7-6-10-18(15,3)4/h11,14H,6-10H2,1-5H3,(H,19,20)/b12-11-. The van der Waals surface area contributed by atoms with Gasteiger partial charge in [-0.1, -0.05) is 36.6 Å². The van der Waals surface area contributed by atoms with Gasteiger partial charge in [0.15, 0.2) is 5.92 Å². The van der Waals surface area contributed by atoms with E-state index < -0.39 is 17.9 Å². The van der Waals surface area contributed by atoms with Gasteiger partial charge in [0.25, 0.3) is 0 Å². The summed E-state index contributed by atoms with van der Waals surface area (Å²) in [6.45, 7) is 8.63. The number of hydrogen-bond acceptors (Lipinski definition) is 3. The molecule has 0 aromatic heterocycles. The number of carbonyl (C=O) groups is 2. The Bertz CT molecular complexity index is 497. The average molecular weight is 308 g/mol. The van der Waals surface area contributed by atoms with E-state index in [1.807, 2.05) is 6.92 Å². The topological polar surface area (TPSA) is 63.6 Å². The van der Waals surface area contributed by atoms with Gasteiger partial charge in [0, 0.05) is 0 Å². The lowest BCUT2D eigenvalue weighted by Crippen LogP contribution is -2.23. The highest BCUT2D eigenvalue weighted by atomic mass is 16.5. The number of esters is 1. The molecular weight excluding hydrogens is 280 g/mol. The van der Waals surface area contributed by atoms with Gasteiger partial charge in [-0.05, 0) is 51.4 Å². The van der Waals surface area contributed by atoms with Gasteiger partial charge in [0.05, 0.1) is 7.11 Å². The molecule has 0 saturated carbocycles. The molecule has 0 amide bonds. The zero-order valence-electron chi connectivity index (χ0n) is 14.4. The van der Waals surface area contributed by atoms with Crippen molar-refractivity contribution in [2.24, 2.45) is 11.3 Å². The Hall–Kier alpha value is -1.58. The molecule has 1 N–H and O–H groups in total. The predicted octanol–water partition coefficient (Wildman–Crippen LogP) is 4.11. The van der Waals surface area contributed by atoms with Crippen LogP contribution in [0.1, 0.15) is 59.8 Å². The van der Waals surface area contributed by atoms with E-state index in [1.54, 1.807) is 0 Å². The van der Waals surface area contributed by atoms with Crippen molar-refractivity contribution in [3.63, 3.8) is 0 Å². The van der Waals surface area contributed by atoms with Gasteiger partial charge in [-0.2, -0.15) is 0 Å². The molecule has 1 atom stereocenters. The van der Waals surface area contributed by atoms with E-state index in [0.29, 0.717) is 0 Å². The average Bonchev–Trinajstić information content (AvgIpc) is 2.42. The van der Waals surface area contributed by atoms with E-state index >= 15 is 0 Å². The fourth-order valence-electron chi connectivity index (χ4n) is 3.28. The van der Waals surface area contributed by atoms with E-state index in [2.05, 4.69) is 25.5 Å². The van der Waals surface area contributed by atoms with Crippen LogP contribution in [-0.2, 0) is 14.3 Å². The van der Waals surface area contributed by atoms with Crippen molar-refractivity contribution in [2.45, 2.75) is 59.8 Å². The monoisotopic (exact) mass is 308 g/mol. The van der Waals surface area contributed by atoms with Crippen molar-refractivity contribution in [1.82, 2.24) is 0 Å². The first-order chi connectivity index (χ1) is 10.2. The zero-order chi connectivity index (χ0) is 16.9. The number of ether oxygens (including phenoxy) is 1. The van der Waals surface area contributed by atoms with Crippen LogP contribution in [-0.4, -0.2) is 24.2 Å². The molecule has 0 bridgehead atoms. The molecule has 4 nitrogen and oxygen atoms in total. The third-order valence-corrected chi connectivity index (χ3v) is 4.63. The van der Waals surface area contributed by atoms with E-state index in [1.165, 1.54) is 37.2 Å². The van der Waals surface area contributed by atoms with Gasteiger partial charge in [-0.25, -0.2) is 0 Å². The molecule has 1 aliphatic rings. The van der Waals surface area contributed by atoms with E-state index in [9.17, 15) is 9.59 Å². The SMILES string of the molecule is COC(=O)C(/C=C(/C)CCC1=C(C)CCCC1(C)C)C(=O)O. The van der Waals surface area contributed by atoms with Crippen molar-refractivity contribution < 1.29 is 19.4 Å². The Labute approximate surface area is 133 Å². The molecule has 0 fully saturated rings. The molecule has 0 radical (unpaired) electrons. The van der Waals surface area contributed by atoms with Crippen molar-refractivity contribution in [2.75, 3.05) is 7.11 Å². The zero-order valence-corrected chi connectivity index (χ0v) is 14.4. The van der Waals surface area contributed by atoms with Crippen molar-refractivity contribution >= 4 is 11.9 Å². The molecule has 0 spiro atoms. The number of rotatable bonds is 6. The molecule has 4 heteroatoms. The quantitative estimate of drug-likeness (QED) is 0.455. The third-order valence-electron chi connectivity index (χ3n) is 4.63. The van der Waals surface area contributed by atoms with Crippen LogP contribution in [0.25, 0.3) is 0 Å². The number of allylic oxidation sites excluding steroid dienone is 3. The summed E-state index contributed by atoms with van der Waals surface area (Å²) in [5.74, 6) is -3.10. The largest absolute Gasteiger partial charge is 0.480 e. The minimum Gasteiger partial charge on any atom is -0.480 e. The number of hydrogen-bond donors (Lipinski definition) is 1. The van der Waals surface area contributed by atoms with Gasteiger partial charge >= 0.3 is 11.9 Å². The summed E-state index contributed by atoms with van der Waals surface area (Å²) in [6, 6.07) is 0. The lowest BCUT2D eigenvalue weighted by atomic mass is 9.71. The highest BCUT2D eigenvalue weighted by Gasteiger charge is 2.28. The van der Waals surface area contributed by atoms with Gasteiger partial charge in [-0.15, -0.1) is 0 Å².